The zero-order valence-corrected chi connectivity index (χ0v) is 18.2. The number of benzene rings is 2. The molecule has 1 N–H and O–H groups in total. The maximum absolute atomic E-state index is 14.9. The fraction of sp³-hybridized carbons (Fsp3) is 0.304. The van der Waals surface area contributed by atoms with E-state index >= 15 is 0 Å². The Hall–Kier alpha value is -3.04. The van der Waals surface area contributed by atoms with E-state index in [-0.39, 0.29) is 12.1 Å². The second kappa shape index (κ2) is 7.25. The highest BCUT2D eigenvalue weighted by Crippen LogP contribution is 2.36. The van der Waals surface area contributed by atoms with Gasteiger partial charge in [0.05, 0.1) is 11.2 Å². The smallest absolute Gasteiger partial charge is 0.450 e. The SMILES string of the molecule is CC1(C)OB(c2cc(F)c(CNc3ncnc4c3oc3ccccc34)c(F)c2)OC1(C)C. The quantitative estimate of drug-likeness (QED) is 0.472. The summed E-state index contributed by atoms with van der Waals surface area (Å²) in [7, 11) is -0.844. The maximum Gasteiger partial charge on any atom is 0.495 e. The Kier molecular flexibility index (Phi) is 4.72. The van der Waals surface area contributed by atoms with Gasteiger partial charge < -0.3 is 19.0 Å². The summed E-state index contributed by atoms with van der Waals surface area (Å²) >= 11 is 0. The first kappa shape index (κ1) is 20.8. The first-order chi connectivity index (χ1) is 15.2. The van der Waals surface area contributed by atoms with Gasteiger partial charge in [0.25, 0.3) is 0 Å². The molecule has 1 fully saturated rings. The molecule has 6 nitrogen and oxygen atoms in total. The molecule has 0 radical (unpaired) electrons. The van der Waals surface area contributed by atoms with Gasteiger partial charge in [0.15, 0.2) is 11.4 Å². The molecule has 0 saturated carbocycles. The lowest BCUT2D eigenvalue weighted by molar-refractivity contribution is 0.00578. The molecule has 164 valence electrons. The number of furan rings is 1. The van der Waals surface area contributed by atoms with Crippen LogP contribution in [0.1, 0.15) is 33.3 Å². The molecular formula is C23H22BF2N3O3. The lowest BCUT2D eigenvalue weighted by Gasteiger charge is -2.32. The first-order valence-corrected chi connectivity index (χ1v) is 10.4. The van der Waals surface area contributed by atoms with Crippen LogP contribution in [-0.2, 0) is 15.9 Å². The minimum Gasteiger partial charge on any atom is -0.450 e. The standard InChI is InChI=1S/C23H22BF2N3O3/c1-22(2)23(3,4)32-24(31-22)13-9-16(25)15(17(26)10-13)11-27-21-20-19(28-12-29-21)14-7-5-6-8-18(14)30-20/h5-10,12H,11H2,1-4H3,(H,27,28,29). The molecule has 9 heteroatoms. The van der Waals surface area contributed by atoms with E-state index in [1.165, 1.54) is 18.5 Å². The monoisotopic (exact) mass is 437 g/mol. The van der Waals surface area contributed by atoms with Crippen LogP contribution in [0, 0.1) is 11.6 Å². The zero-order valence-electron chi connectivity index (χ0n) is 18.2. The van der Waals surface area contributed by atoms with Gasteiger partial charge in [0, 0.05) is 17.5 Å². The Morgan fingerprint density at radius 2 is 1.62 bits per heavy atom. The summed E-state index contributed by atoms with van der Waals surface area (Å²) in [6, 6.07) is 9.97. The molecular weight excluding hydrogens is 415 g/mol. The molecule has 3 heterocycles. The molecule has 0 bridgehead atoms. The number of fused-ring (bicyclic) bond motifs is 3. The maximum atomic E-state index is 14.9. The van der Waals surface area contributed by atoms with Gasteiger partial charge in [-0.2, -0.15) is 0 Å². The minimum atomic E-state index is -0.844. The van der Waals surface area contributed by atoms with Crippen molar-refractivity contribution in [3.05, 3.63) is 59.9 Å². The average molecular weight is 437 g/mol. The van der Waals surface area contributed by atoms with Gasteiger partial charge in [-0.3, -0.25) is 0 Å². The molecule has 0 amide bonds. The minimum absolute atomic E-state index is 0.117. The number of nitrogens with one attached hydrogen (secondary N) is 1. The molecule has 1 aliphatic rings. The topological polar surface area (TPSA) is 69.4 Å². The molecule has 0 atom stereocenters. The summed E-state index contributed by atoms with van der Waals surface area (Å²) < 4.78 is 47.4. The van der Waals surface area contributed by atoms with Crippen LogP contribution in [0.4, 0.5) is 14.6 Å². The second-order valence-corrected chi connectivity index (χ2v) is 8.90. The van der Waals surface area contributed by atoms with Crippen molar-refractivity contribution >= 4 is 40.5 Å². The average Bonchev–Trinajstić information content (AvgIpc) is 3.21. The number of nitrogens with zero attached hydrogens (tertiary/aromatic N) is 2. The fourth-order valence-electron chi connectivity index (χ4n) is 3.73. The van der Waals surface area contributed by atoms with Gasteiger partial charge in [-0.25, -0.2) is 18.7 Å². The van der Waals surface area contributed by atoms with Crippen molar-refractivity contribution in [1.29, 1.82) is 0 Å². The predicted octanol–water partition coefficient (Wildman–Crippen LogP) is 4.57. The largest absolute Gasteiger partial charge is 0.495 e. The van der Waals surface area contributed by atoms with E-state index in [0.717, 1.165) is 5.39 Å². The Morgan fingerprint density at radius 1 is 0.969 bits per heavy atom. The van der Waals surface area contributed by atoms with Crippen LogP contribution in [-0.4, -0.2) is 28.3 Å². The number of hydrogen-bond acceptors (Lipinski definition) is 6. The van der Waals surface area contributed by atoms with Crippen molar-refractivity contribution in [3.63, 3.8) is 0 Å². The van der Waals surface area contributed by atoms with Crippen molar-refractivity contribution in [1.82, 2.24) is 9.97 Å². The summed E-state index contributed by atoms with van der Waals surface area (Å²) in [5.74, 6) is -1.03. The third kappa shape index (κ3) is 3.32. The van der Waals surface area contributed by atoms with E-state index in [4.69, 9.17) is 13.7 Å². The lowest BCUT2D eigenvalue weighted by atomic mass is 9.78. The van der Waals surface area contributed by atoms with Crippen molar-refractivity contribution < 1.29 is 22.5 Å². The second-order valence-electron chi connectivity index (χ2n) is 8.90. The number of halogens is 2. The Balaban J connectivity index is 1.41. The van der Waals surface area contributed by atoms with Gasteiger partial charge in [-0.05, 0) is 57.4 Å². The van der Waals surface area contributed by atoms with Crippen LogP contribution in [0.3, 0.4) is 0 Å². The molecule has 2 aromatic carbocycles. The summed E-state index contributed by atoms with van der Waals surface area (Å²) in [6.45, 7) is 7.43. The van der Waals surface area contributed by atoms with Crippen LogP contribution in [0.2, 0.25) is 0 Å². The molecule has 0 spiro atoms. The van der Waals surface area contributed by atoms with Crippen molar-refractivity contribution in [2.75, 3.05) is 5.32 Å². The number of aromatic nitrogens is 2. The van der Waals surface area contributed by atoms with E-state index < -0.39 is 30.0 Å². The molecule has 0 unspecified atom stereocenters. The number of anilines is 1. The van der Waals surface area contributed by atoms with E-state index in [1.807, 2.05) is 52.0 Å². The third-order valence-electron chi connectivity index (χ3n) is 6.28. The first-order valence-electron chi connectivity index (χ1n) is 10.4. The molecule has 5 rings (SSSR count). The van der Waals surface area contributed by atoms with E-state index in [2.05, 4.69) is 15.3 Å². The summed E-state index contributed by atoms with van der Waals surface area (Å²) in [6.07, 6.45) is 1.39. The van der Waals surface area contributed by atoms with E-state index in [0.29, 0.717) is 28.0 Å². The summed E-state index contributed by atoms with van der Waals surface area (Å²) in [5, 5.41) is 3.82. The van der Waals surface area contributed by atoms with Gasteiger partial charge in [-0.1, -0.05) is 12.1 Å². The van der Waals surface area contributed by atoms with Crippen molar-refractivity contribution in [3.8, 4) is 0 Å². The van der Waals surface area contributed by atoms with E-state index in [1.54, 1.807) is 0 Å². The normalized spacial score (nSPS) is 17.4. The Labute approximate surface area is 184 Å². The van der Waals surface area contributed by atoms with Gasteiger partial charge in [0.2, 0.25) is 0 Å². The third-order valence-corrected chi connectivity index (χ3v) is 6.28. The number of rotatable bonds is 4. The number of para-hydroxylation sites is 1. The zero-order chi connectivity index (χ0) is 22.7. The van der Waals surface area contributed by atoms with Gasteiger partial charge in [-0.15, -0.1) is 0 Å². The van der Waals surface area contributed by atoms with E-state index in [9.17, 15) is 8.78 Å². The molecule has 2 aromatic heterocycles. The molecule has 1 aliphatic heterocycles. The van der Waals surface area contributed by atoms with Crippen LogP contribution in [0.5, 0.6) is 0 Å². The summed E-state index contributed by atoms with van der Waals surface area (Å²) in [4.78, 5) is 8.47. The van der Waals surface area contributed by atoms with Crippen molar-refractivity contribution in [2.24, 2.45) is 0 Å². The molecule has 4 aromatic rings. The summed E-state index contributed by atoms with van der Waals surface area (Å²) in [5.41, 5.74) is 0.706. The highest BCUT2D eigenvalue weighted by molar-refractivity contribution is 6.62. The highest BCUT2D eigenvalue weighted by Gasteiger charge is 2.52. The number of hydrogen-bond donors (Lipinski definition) is 1. The molecule has 1 saturated heterocycles. The predicted molar refractivity (Wildman–Crippen MR) is 119 cm³/mol. The van der Waals surface area contributed by atoms with Gasteiger partial charge in [0.1, 0.15) is 29.1 Å². The lowest BCUT2D eigenvalue weighted by Crippen LogP contribution is -2.41. The Bertz CT molecular complexity index is 1300. The van der Waals surface area contributed by atoms with Crippen LogP contribution in [0.25, 0.3) is 22.1 Å². The Morgan fingerprint density at radius 3 is 2.31 bits per heavy atom. The molecule has 32 heavy (non-hydrogen) atoms. The highest BCUT2D eigenvalue weighted by atomic mass is 19.1. The molecule has 0 aliphatic carbocycles. The fourth-order valence-corrected chi connectivity index (χ4v) is 3.73. The van der Waals surface area contributed by atoms with Gasteiger partial charge >= 0.3 is 7.12 Å². The van der Waals surface area contributed by atoms with Crippen LogP contribution in [0.15, 0.2) is 47.1 Å². The van der Waals surface area contributed by atoms with Crippen LogP contribution < -0.4 is 10.8 Å². The van der Waals surface area contributed by atoms with Crippen LogP contribution >= 0.6 is 0 Å². The van der Waals surface area contributed by atoms with Crippen molar-refractivity contribution in [2.45, 2.75) is 45.4 Å².